The number of nitrogens with zero attached hydrogens (tertiary/aromatic N) is 1. The van der Waals surface area contributed by atoms with Crippen molar-refractivity contribution in [3.8, 4) is 0 Å². The van der Waals surface area contributed by atoms with E-state index < -0.39 is 37.0 Å². The summed E-state index contributed by atoms with van der Waals surface area (Å²) in [5.74, 6) is -0.615. The standard InChI is InChI=1S/C14H15FN2O4S/c1-5-2-9(15)16-13-6(5)3-7(14(22)17-13)12-11(20)10(19)8(4-18)21-12/h2-3,8,10-12,18-20H,4H2,1H3,(H,16,17,22)/t8-,10?,11+,12+/m1/s1. The van der Waals surface area contributed by atoms with Gasteiger partial charge in [0.2, 0.25) is 5.95 Å². The number of halogens is 1. The molecule has 22 heavy (non-hydrogen) atoms. The van der Waals surface area contributed by atoms with Gasteiger partial charge in [0.05, 0.1) is 6.61 Å². The van der Waals surface area contributed by atoms with E-state index >= 15 is 0 Å². The van der Waals surface area contributed by atoms with E-state index in [2.05, 4.69) is 9.97 Å². The number of rotatable bonds is 2. The summed E-state index contributed by atoms with van der Waals surface area (Å²) in [5.41, 5.74) is 1.42. The van der Waals surface area contributed by atoms with Crippen LogP contribution in [0.2, 0.25) is 0 Å². The lowest BCUT2D eigenvalue weighted by Crippen LogP contribution is -2.32. The molecule has 0 bridgehead atoms. The van der Waals surface area contributed by atoms with Gasteiger partial charge < -0.3 is 25.0 Å². The van der Waals surface area contributed by atoms with Crippen LogP contribution in [-0.4, -0.2) is 50.2 Å². The first-order valence-electron chi connectivity index (χ1n) is 6.75. The van der Waals surface area contributed by atoms with Crippen LogP contribution in [0.4, 0.5) is 4.39 Å². The molecule has 0 saturated carbocycles. The van der Waals surface area contributed by atoms with E-state index in [-0.39, 0.29) is 4.64 Å². The molecule has 4 atom stereocenters. The Morgan fingerprint density at radius 1 is 1.36 bits per heavy atom. The largest absolute Gasteiger partial charge is 0.394 e. The molecule has 1 aliphatic rings. The number of ether oxygens (including phenoxy) is 1. The Morgan fingerprint density at radius 3 is 2.73 bits per heavy atom. The number of fused-ring (bicyclic) bond motifs is 1. The Morgan fingerprint density at radius 2 is 2.09 bits per heavy atom. The number of aryl methyl sites for hydroxylation is 1. The fraction of sp³-hybridized carbons (Fsp3) is 0.429. The van der Waals surface area contributed by atoms with Crippen LogP contribution in [0.5, 0.6) is 0 Å². The maximum atomic E-state index is 13.4. The second kappa shape index (κ2) is 5.64. The molecule has 6 nitrogen and oxygen atoms in total. The molecule has 1 aliphatic heterocycles. The molecular weight excluding hydrogens is 311 g/mol. The first-order chi connectivity index (χ1) is 10.4. The predicted octanol–water partition coefficient (Wildman–Crippen LogP) is 0.894. The zero-order valence-electron chi connectivity index (χ0n) is 11.7. The van der Waals surface area contributed by atoms with E-state index in [1.54, 1.807) is 13.0 Å². The van der Waals surface area contributed by atoms with Gasteiger partial charge in [-0.05, 0) is 24.6 Å². The summed E-state index contributed by atoms with van der Waals surface area (Å²) < 4.78 is 19.1. The molecule has 0 aromatic carbocycles. The highest BCUT2D eigenvalue weighted by atomic mass is 32.1. The molecule has 2 aromatic heterocycles. The minimum Gasteiger partial charge on any atom is -0.394 e. The van der Waals surface area contributed by atoms with E-state index in [4.69, 9.17) is 22.1 Å². The third-order valence-electron chi connectivity index (χ3n) is 3.88. The molecule has 0 amide bonds. The van der Waals surface area contributed by atoms with Gasteiger partial charge in [0.15, 0.2) is 0 Å². The molecule has 0 radical (unpaired) electrons. The lowest BCUT2D eigenvalue weighted by atomic mass is 10.0. The van der Waals surface area contributed by atoms with E-state index in [9.17, 15) is 14.6 Å². The molecule has 1 saturated heterocycles. The molecular formula is C14H15FN2O4S. The number of hydrogen-bond donors (Lipinski definition) is 4. The number of aromatic nitrogens is 2. The fourth-order valence-electron chi connectivity index (χ4n) is 2.69. The number of aromatic amines is 1. The Bertz CT molecular complexity index is 781. The second-order valence-electron chi connectivity index (χ2n) is 5.34. The second-order valence-corrected chi connectivity index (χ2v) is 5.75. The van der Waals surface area contributed by atoms with Gasteiger partial charge in [-0.1, -0.05) is 12.2 Å². The highest BCUT2D eigenvalue weighted by molar-refractivity contribution is 7.71. The summed E-state index contributed by atoms with van der Waals surface area (Å²) in [4.78, 5) is 6.56. The molecule has 8 heteroatoms. The molecule has 4 N–H and O–H groups in total. The summed E-state index contributed by atoms with van der Waals surface area (Å²) in [7, 11) is 0. The zero-order chi connectivity index (χ0) is 16.0. The van der Waals surface area contributed by atoms with Crippen molar-refractivity contribution >= 4 is 23.3 Å². The molecule has 3 heterocycles. The third kappa shape index (κ3) is 2.42. The lowest BCUT2D eigenvalue weighted by Gasteiger charge is -2.16. The van der Waals surface area contributed by atoms with Crippen molar-refractivity contribution in [1.82, 2.24) is 9.97 Å². The van der Waals surface area contributed by atoms with Crippen molar-refractivity contribution in [1.29, 1.82) is 0 Å². The topological polar surface area (TPSA) is 98.6 Å². The van der Waals surface area contributed by atoms with Crippen molar-refractivity contribution < 1.29 is 24.4 Å². The summed E-state index contributed by atoms with van der Waals surface area (Å²) in [6, 6.07) is 2.95. The number of aliphatic hydroxyl groups is 3. The predicted molar refractivity (Wildman–Crippen MR) is 78.3 cm³/mol. The van der Waals surface area contributed by atoms with E-state index in [0.29, 0.717) is 22.2 Å². The minimum absolute atomic E-state index is 0.236. The summed E-state index contributed by atoms with van der Waals surface area (Å²) in [6.07, 6.45) is -4.16. The summed E-state index contributed by atoms with van der Waals surface area (Å²) >= 11 is 5.22. The lowest BCUT2D eigenvalue weighted by molar-refractivity contribution is -0.0229. The van der Waals surface area contributed by atoms with Crippen molar-refractivity contribution in [2.75, 3.05) is 6.61 Å². The van der Waals surface area contributed by atoms with Crippen LogP contribution < -0.4 is 0 Å². The zero-order valence-corrected chi connectivity index (χ0v) is 12.5. The Kier molecular flexibility index (Phi) is 3.96. The Labute approximate surface area is 130 Å². The van der Waals surface area contributed by atoms with E-state index in [1.165, 1.54) is 6.07 Å². The summed E-state index contributed by atoms with van der Waals surface area (Å²) in [6.45, 7) is 1.32. The number of pyridine rings is 2. The van der Waals surface area contributed by atoms with Crippen molar-refractivity contribution in [2.45, 2.75) is 31.3 Å². The number of hydrogen-bond acceptors (Lipinski definition) is 6. The van der Waals surface area contributed by atoms with Crippen LogP contribution in [0.3, 0.4) is 0 Å². The van der Waals surface area contributed by atoms with E-state index in [0.717, 1.165) is 0 Å². The number of nitrogens with one attached hydrogen (secondary N) is 1. The average Bonchev–Trinajstić information content (AvgIpc) is 2.74. The van der Waals surface area contributed by atoms with Crippen molar-refractivity contribution in [2.24, 2.45) is 0 Å². The molecule has 2 aromatic rings. The molecule has 0 spiro atoms. The highest BCUT2D eigenvalue weighted by Gasteiger charge is 2.43. The number of aliphatic hydroxyl groups excluding tert-OH is 3. The maximum absolute atomic E-state index is 13.4. The van der Waals surface area contributed by atoms with Gasteiger partial charge in [0.25, 0.3) is 0 Å². The Balaban J connectivity index is 2.12. The van der Waals surface area contributed by atoms with Crippen molar-refractivity contribution in [3.63, 3.8) is 0 Å². The minimum atomic E-state index is -1.21. The maximum Gasteiger partial charge on any atom is 0.215 e. The van der Waals surface area contributed by atoms with Crippen LogP contribution >= 0.6 is 12.2 Å². The van der Waals surface area contributed by atoms with Crippen LogP contribution in [0.25, 0.3) is 11.0 Å². The molecule has 0 aliphatic carbocycles. The van der Waals surface area contributed by atoms with Gasteiger partial charge in [-0.25, -0.2) is 4.98 Å². The SMILES string of the molecule is Cc1cc(F)nc2[nH]c(=S)c([C@@H]3O[C@H](CO)C(O)[C@@H]3O)cc12. The van der Waals surface area contributed by atoms with Crippen LogP contribution in [-0.2, 0) is 4.74 Å². The number of H-pyrrole nitrogens is 1. The van der Waals surface area contributed by atoms with Gasteiger partial charge >= 0.3 is 0 Å². The third-order valence-corrected chi connectivity index (χ3v) is 4.21. The Hall–Kier alpha value is -1.45. The van der Waals surface area contributed by atoms with E-state index in [1.807, 2.05) is 0 Å². The normalized spacial score (nSPS) is 28.4. The average molecular weight is 326 g/mol. The smallest absolute Gasteiger partial charge is 0.215 e. The monoisotopic (exact) mass is 326 g/mol. The van der Waals surface area contributed by atoms with Crippen LogP contribution in [0, 0.1) is 17.5 Å². The molecule has 1 fully saturated rings. The first kappa shape index (κ1) is 15.4. The molecule has 118 valence electrons. The van der Waals surface area contributed by atoms with Crippen LogP contribution in [0.15, 0.2) is 12.1 Å². The van der Waals surface area contributed by atoms with Gasteiger partial charge in [0.1, 0.15) is 34.7 Å². The molecule has 3 rings (SSSR count). The quantitative estimate of drug-likeness (QED) is 0.483. The highest BCUT2D eigenvalue weighted by Crippen LogP contribution is 2.35. The molecule has 1 unspecified atom stereocenters. The van der Waals surface area contributed by atoms with Gasteiger partial charge in [0, 0.05) is 10.9 Å². The van der Waals surface area contributed by atoms with Gasteiger partial charge in [-0.2, -0.15) is 4.39 Å². The first-order valence-corrected chi connectivity index (χ1v) is 7.15. The van der Waals surface area contributed by atoms with Crippen LogP contribution in [0.1, 0.15) is 17.2 Å². The summed E-state index contributed by atoms with van der Waals surface area (Å²) in [5, 5.41) is 29.7. The van der Waals surface area contributed by atoms with Crippen molar-refractivity contribution in [3.05, 3.63) is 33.8 Å². The fourth-order valence-corrected chi connectivity index (χ4v) is 2.96. The van der Waals surface area contributed by atoms with Gasteiger partial charge in [-0.3, -0.25) is 0 Å². The van der Waals surface area contributed by atoms with Gasteiger partial charge in [-0.15, -0.1) is 0 Å².